The number of aryl methyl sites for hydroxylation is 1. The summed E-state index contributed by atoms with van der Waals surface area (Å²) in [6.45, 7) is 4.31. The van der Waals surface area contributed by atoms with Crippen LogP contribution in [0.2, 0.25) is 0 Å². The molecule has 0 radical (unpaired) electrons. The number of amides is 1. The molecule has 156 valence electrons. The van der Waals surface area contributed by atoms with Crippen LogP contribution < -0.4 is 14.8 Å². The van der Waals surface area contributed by atoms with Gasteiger partial charge in [-0.25, -0.2) is 22.5 Å². The van der Waals surface area contributed by atoms with Crippen molar-refractivity contribution in [3.8, 4) is 5.75 Å². The summed E-state index contributed by atoms with van der Waals surface area (Å²) < 4.78 is 52.0. The van der Waals surface area contributed by atoms with Gasteiger partial charge in [0.25, 0.3) is 5.91 Å². The van der Waals surface area contributed by atoms with Crippen LogP contribution in [0.4, 0.5) is 10.2 Å². The van der Waals surface area contributed by atoms with Crippen LogP contribution in [0.15, 0.2) is 35.2 Å². The zero-order valence-electron chi connectivity index (χ0n) is 16.1. The van der Waals surface area contributed by atoms with E-state index < -0.39 is 21.7 Å². The highest BCUT2D eigenvalue weighted by Crippen LogP contribution is 2.24. The van der Waals surface area contributed by atoms with E-state index in [1.165, 1.54) is 37.3 Å². The summed E-state index contributed by atoms with van der Waals surface area (Å²) in [7, 11) is -3.85. The molecule has 2 heterocycles. The molecular formula is C19H22FN3O5S. The molecule has 0 aliphatic carbocycles. The van der Waals surface area contributed by atoms with Crippen molar-refractivity contribution in [2.45, 2.75) is 31.2 Å². The van der Waals surface area contributed by atoms with Gasteiger partial charge in [0, 0.05) is 12.6 Å². The Balaban J connectivity index is 1.89. The highest BCUT2D eigenvalue weighted by atomic mass is 32.2. The second-order valence-electron chi connectivity index (χ2n) is 6.49. The maximum absolute atomic E-state index is 13.4. The number of hydrogen-bond donors (Lipinski definition) is 2. The number of rotatable bonds is 7. The number of nitrogens with one attached hydrogen (secondary N) is 2. The van der Waals surface area contributed by atoms with Crippen LogP contribution in [0.3, 0.4) is 0 Å². The fraction of sp³-hybridized carbons (Fsp3) is 0.368. The third-order valence-electron chi connectivity index (χ3n) is 4.32. The van der Waals surface area contributed by atoms with Crippen molar-refractivity contribution in [3.05, 3.63) is 47.4 Å². The Kier molecular flexibility index (Phi) is 6.46. The minimum atomic E-state index is -3.85. The average molecular weight is 423 g/mol. The van der Waals surface area contributed by atoms with Gasteiger partial charge in [0.1, 0.15) is 17.4 Å². The van der Waals surface area contributed by atoms with E-state index in [2.05, 4.69) is 15.0 Å². The number of benzene rings is 1. The van der Waals surface area contributed by atoms with Crippen LogP contribution in [0, 0.1) is 12.7 Å². The molecule has 10 heteroatoms. The summed E-state index contributed by atoms with van der Waals surface area (Å²) in [5.41, 5.74) is 0.160. The molecule has 0 bridgehead atoms. The van der Waals surface area contributed by atoms with Gasteiger partial charge in [0.05, 0.1) is 29.4 Å². The Bertz CT molecular complexity index is 1010. The van der Waals surface area contributed by atoms with Gasteiger partial charge in [0.15, 0.2) is 0 Å². The second-order valence-corrected chi connectivity index (χ2v) is 8.20. The first kappa shape index (κ1) is 21.2. The van der Waals surface area contributed by atoms with E-state index in [4.69, 9.17) is 9.47 Å². The zero-order valence-corrected chi connectivity index (χ0v) is 16.9. The van der Waals surface area contributed by atoms with Gasteiger partial charge in [-0.3, -0.25) is 4.79 Å². The number of anilines is 1. The molecular weight excluding hydrogens is 401 g/mol. The number of carbonyl (C=O) groups is 1. The first-order valence-corrected chi connectivity index (χ1v) is 10.6. The summed E-state index contributed by atoms with van der Waals surface area (Å²) in [5, 5.41) is 2.54. The fourth-order valence-electron chi connectivity index (χ4n) is 2.85. The number of ether oxygens (including phenoxy) is 2. The molecule has 1 unspecified atom stereocenters. The van der Waals surface area contributed by atoms with E-state index in [9.17, 15) is 17.6 Å². The number of sulfonamides is 1. The molecule has 8 nitrogen and oxygen atoms in total. The van der Waals surface area contributed by atoms with Gasteiger partial charge in [-0.05, 0) is 50.6 Å². The first-order chi connectivity index (χ1) is 13.8. The molecule has 1 aliphatic heterocycles. The highest BCUT2D eigenvalue weighted by molar-refractivity contribution is 7.89. The lowest BCUT2D eigenvalue weighted by Gasteiger charge is -2.15. The molecule has 0 spiro atoms. The minimum Gasteiger partial charge on any atom is -0.493 e. The largest absolute Gasteiger partial charge is 0.493 e. The lowest BCUT2D eigenvalue weighted by Crippen LogP contribution is -2.35. The molecule has 1 amide bonds. The molecule has 1 saturated heterocycles. The van der Waals surface area contributed by atoms with Crippen molar-refractivity contribution in [2.24, 2.45) is 0 Å². The summed E-state index contributed by atoms with van der Waals surface area (Å²) >= 11 is 0. The minimum absolute atomic E-state index is 0.0289. The third-order valence-corrected chi connectivity index (χ3v) is 5.84. The third kappa shape index (κ3) is 5.08. The van der Waals surface area contributed by atoms with Crippen LogP contribution in [0.1, 0.15) is 29.4 Å². The van der Waals surface area contributed by atoms with Crippen LogP contribution in [0.25, 0.3) is 0 Å². The molecule has 2 aromatic rings. The number of carbonyl (C=O) groups excluding carboxylic acids is 1. The van der Waals surface area contributed by atoms with Crippen molar-refractivity contribution >= 4 is 21.7 Å². The highest BCUT2D eigenvalue weighted by Gasteiger charge is 2.25. The first-order valence-electron chi connectivity index (χ1n) is 9.11. The number of nitrogens with zero attached hydrogens (tertiary/aromatic N) is 1. The van der Waals surface area contributed by atoms with Crippen LogP contribution in [-0.2, 0) is 14.8 Å². The van der Waals surface area contributed by atoms with Gasteiger partial charge >= 0.3 is 0 Å². The molecule has 0 saturated carbocycles. The van der Waals surface area contributed by atoms with Crippen molar-refractivity contribution < 1.29 is 27.1 Å². The number of aromatic nitrogens is 1. The molecule has 1 aliphatic rings. The summed E-state index contributed by atoms with van der Waals surface area (Å²) in [5.74, 6) is -0.737. The maximum atomic E-state index is 13.4. The van der Waals surface area contributed by atoms with Gasteiger partial charge < -0.3 is 14.8 Å². The summed E-state index contributed by atoms with van der Waals surface area (Å²) in [6.07, 6.45) is 0.583. The van der Waals surface area contributed by atoms with Crippen molar-refractivity contribution in [1.82, 2.24) is 9.71 Å². The topological polar surface area (TPSA) is 107 Å². The molecule has 1 atom stereocenters. The van der Waals surface area contributed by atoms with E-state index in [1.807, 2.05) is 0 Å². The van der Waals surface area contributed by atoms with E-state index >= 15 is 0 Å². The van der Waals surface area contributed by atoms with Crippen molar-refractivity contribution in [1.29, 1.82) is 0 Å². The van der Waals surface area contributed by atoms with E-state index in [0.717, 1.165) is 0 Å². The number of halogens is 1. The Morgan fingerprint density at radius 3 is 2.79 bits per heavy atom. The molecule has 1 aromatic heterocycles. The Morgan fingerprint density at radius 2 is 2.14 bits per heavy atom. The molecule has 29 heavy (non-hydrogen) atoms. The van der Waals surface area contributed by atoms with Crippen LogP contribution >= 0.6 is 0 Å². The number of hydrogen-bond acceptors (Lipinski definition) is 6. The van der Waals surface area contributed by atoms with Gasteiger partial charge in [-0.2, -0.15) is 0 Å². The Hall–Kier alpha value is -2.56. The second kappa shape index (κ2) is 8.85. The summed E-state index contributed by atoms with van der Waals surface area (Å²) in [6, 6.07) is 6.25. The molecule has 3 rings (SSSR count). The zero-order chi connectivity index (χ0) is 21.0. The number of pyridine rings is 1. The van der Waals surface area contributed by atoms with Crippen molar-refractivity contribution in [2.75, 3.05) is 25.1 Å². The summed E-state index contributed by atoms with van der Waals surface area (Å²) in [4.78, 5) is 16.7. The van der Waals surface area contributed by atoms with Gasteiger partial charge in [-0.15, -0.1) is 0 Å². The van der Waals surface area contributed by atoms with Gasteiger partial charge in [0.2, 0.25) is 10.0 Å². The molecule has 2 N–H and O–H groups in total. The molecule has 1 fully saturated rings. The average Bonchev–Trinajstić information content (AvgIpc) is 3.17. The van der Waals surface area contributed by atoms with Crippen LogP contribution in [0.5, 0.6) is 5.75 Å². The lowest BCUT2D eigenvalue weighted by atomic mass is 10.2. The van der Waals surface area contributed by atoms with Gasteiger partial charge in [-0.1, -0.05) is 0 Å². The fourth-order valence-corrected chi connectivity index (χ4v) is 4.13. The predicted octanol–water partition coefficient (Wildman–Crippen LogP) is 2.25. The monoisotopic (exact) mass is 423 g/mol. The maximum Gasteiger partial charge on any atom is 0.260 e. The quantitative estimate of drug-likeness (QED) is 0.708. The smallest absolute Gasteiger partial charge is 0.260 e. The van der Waals surface area contributed by atoms with E-state index in [1.54, 1.807) is 6.92 Å². The van der Waals surface area contributed by atoms with E-state index in [-0.39, 0.29) is 40.4 Å². The standard InChI is InChI=1S/C19H22FN3O5S/c1-3-28-17-6-4-14(29(25,26)23-13-8-9-27-11-13)10-15(17)19(24)22-18-7-5-16(20)12(2)21-18/h4-7,10,13,23H,3,8-9,11H2,1-2H3,(H,21,22,24). The Labute approximate surface area is 168 Å². The normalized spacial score (nSPS) is 16.6. The lowest BCUT2D eigenvalue weighted by molar-refractivity contribution is 0.102. The van der Waals surface area contributed by atoms with Crippen LogP contribution in [-0.4, -0.2) is 45.2 Å². The van der Waals surface area contributed by atoms with Crippen molar-refractivity contribution in [3.63, 3.8) is 0 Å². The Morgan fingerprint density at radius 1 is 1.34 bits per heavy atom. The molecule has 1 aromatic carbocycles. The SMILES string of the molecule is CCOc1ccc(S(=O)(=O)NC2CCOC2)cc1C(=O)Nc1ccc(F)c(C)n1. The van der Waals surface area contributed by atoms with E-state index in [0.29, 0.717) is 19.6 Å². The predicted molar refractivity (Wildman–Crippen MR) is 104 cm³/mol.